The quantitative estimate of drug-likeness (QED) is 0.794. The van der Waals surface area contributed by atoms with Crippen molar-refractivity contribution in [3.63, 3.8) is 0 Å². The highest BCUT2D eigenvalue weighted by Crippen LogP contribution is 2.36. The third kappa shape index (κ3) is 2.61. The Labute approximate surface area is 131 Å². The first-order chi connectivity index (χ1) is 10.3. The van der Waals surface area contributed by atoms with E-state index in [9.17, 15) is 5.26 Å². The van der Waals surface area contributed by atoms with Crippen molar-refractivity contribution < 1.29 is 18.8 Å². The molecule has 22 heavy (non-hydrogen) atoms. The average Bonchev–Trinajstić information content (AvgIpc) is 2.63. The molecule has 2 fully saturated rings. The van der Waals surface area contributed by atoms with E-state index in [1.54, 1.807) is 12.1 Å². The highest BCUT2D eigenvalue weighted by molar-refractivity contribution is 6.62. The highest BCUT2D eigenvalue weighted by Gasteiger charge is 2.51. The summed E-state index contributed by atoms with van der Waals surface area (Å²) in [5, 5.41) is 9.35. The van der Waals surface area contributed by atoms with Gasteiger partial charge in [-0.3, -0.25) is 0 Å². The summed E-state index contributed by atoms with van der Waals surface area (Å²) in [6.07, 6.45) is 0.0368. The zero-order valence-electron chi connectivity index (χ0n) is 13.4. The molecule has 0 unspecified atom stereocenters. The van der Waals surface area contributed by atoms with Gasteiger partial charge in [-0.25, -0.2) is 0 Å². The van der Waals surface area contributed by atoms with Crippen molar-refractivity contribution in [2.75, 3.05) is 13.2 Å². The summed E-state index contributed by atoms with van der Waals surface area (Å²) in [4.78, 5) is 0. The van der Waals surface area contributed by atoms with Gasteiger partial charge in [0.15, 0.2) is 0 Å². The lowest BCUT2D eigenvalue weighted by molar-refractivity contribution is -0.0797. The van der Waals surface area contributed by atoms with Gasteiger partial charge in [0, 0.05) is 0 Å². The molecular weight excluding hydrogens is 281 g/mol. The Morgan fingerprint density at radius 1 is 1.18 bits per heavy atom. The van der Waals surface area contributed by atoms with Crippen molar-refractivity contribution in [2.45, 2.75) is 45.0 Å². The van der Waals surface area contributed by atoms with Gasteiger partial charge in [0.2, 0.25) is 0 Å². The second kappa shape index (κ2) is 5.27. The normalized spacial score (nSPS) is 23.0. The molecule has 2 aliphatic heterocycles. The van der Waals surface area contributed by atoms with Gasteiger partial charge in [-0.05, 0) is 45.3 Å². The molecule has 0 N–H and O–H groups in total. The molecule has 1 aromatic carbocycles. The van der Waals surface area contributed by atoms with Crippen molar-refractivity contribution in [2.24, 2.45) is 0 Å². The van der Waals surface area contributed by atoms with E-state index in [1.807, 2.05) is 33.8 Å². The molecule has 0 atom stereocenters. The number of nitriles is 1. The van der Waals surface area contributed by atoms with Crippen LogP contribution in [-0.4, -0.2) is 37.6 Å². The predicted octanol–water partition coefficient (Wildman–Crippen LogP) is 1.64. The van der Waals surface area contributed by atoms with Crippen molar-refractivity contribution in [3.05, 3.63) is 23.8 Å². The minimum atomic E-state index is -0.474. The van der Waals surface area contributed by atoms with Gasteiger partial charge in [0.1, 0.15) is 17.9 Å². The van der Waals surface area contributed by atoms with Crippen molar-refractivity contribution in [1.82, 2.24) is 0 Å². The van der Waals surface area contributed by atoms with Crippen LogP contribution in [0.4, 0.5) is 0 Å². The van der Waals surface area contributed by atoms with E-state index < -0.39 is 18.3 Å². The average molecular weight is 301 g/mol. The lowest BCUT2D eigenvalue weighted by Gasteiger charge is -2.32. The lowest BCUT2D eigenvalue weighted by atomic mass is 9.78. The van der Waals surface area contributed by atoms with E-state index in [0.29, 0.717) is 24.5 Å². The Morgan fingerprint density at radius 3 is 2.32 bits per heavy atom. The smallest absolute Gasteiger partial charge is 0.484 e. The molecule has 0 bridgehead atoms. The Hall–Kier alpha value is -1.55. The highest BCUT2D eigenvalue weighted by atomic mass is 16.7. The summed E-state index contributed by atoms with van der Waals surface area (Å²) < 4.78 is 22.8. The molecule has 2 saturated heterocycles. The minimum absolute atomic E-state index is 0.0368. The maximum absolute atomic E-state index is 9.35. The van der Waals surface area contributed by atoms with Gasteiger partial charge in [0.05, 0.1) is 30.0 Å². The van der Waals surface area contributed by atoms with E-state index in [2.05, 4.69) is 6.07 Å². The molecule has 5 nitrogen and oxygen atoms in total. The van der Waals surface area contributed by atoms with Crippen LogP contribution >= 0.6 is 0 Å². The lowest BCUT2D eigenvalue weighted by Crippen LogP contribution is -2.41. The Bertz CT molecular complexity index is 603. The molecule has 2 heterocycles. The summed E-state index contributed by atoms with van der Waals surface area (Å²) >= 11 is 0. The first-order valence-corrected chi connectivity index (χ1v) is 7.46. The van der Waals surface area contributed by atoms with Crippen LogP contribution in [0.15, 0.2) is 18.2 Å². The summed E-state index contributed by atoms with van der Waals surface area (Å²) in [6, 6.07) is 7.64. The SMILES string of the molecule is CC1(C)OB(c2ccc(OC3COC3)c(C#N)c2)OC1(C)C. The van der Waals surface area contributed by atoms with Crippen molar-refractivity contribution >= 4 is 12.6 Å². The fourth-order valence-electron chi connectivity index (χ4n) is 2.33. The maximum atomic E-state index is 9.35. The fourth-order valence-corrected chi connectivity index (χ4v) is 2.33. The monoisotopic (exact) mass is 301 g/mol. The second-order valence-electron chi connectivity index (χ2n) is 6.73. The molecule has 6 heteroatoms. The number of benzene rings is 1. The van der Waals surface area contributed by atoms with Crippen LogP contribution in [0, 0.1) is 11.3 Å². The van der Waals surface area contributed by atoms with Gasteiger partial charge in [-0.1, -0.05) is 6.07 Å². The third-order valence-corrected chi connectivity index (χ3v) is 4.55. The molecule has 0 aromatic heterocycles. The molecule has 0 saturated carbocycles. The van der Waals surface area contributed by atoms with Crippen LogP contribution in [0.5, 0.6) is 5.75 Å². The van der Waals surface area contributed by atoms with E-state index in [4.69, 9.17) is 18.8 Å². The number of ether oxygens (including phenoxy) is 2. The largest absolute Gasteiger partial charge is 0.494 e. The number of nitrogens with zero attached hydrogens (tertiary/aromatic N) is 1. The molecule has 0 radical (unpaired) electrons. The summed E-state index contributed by atoms with van der Waals surface area (Å²) in [5.74, 6) is 0.580. The number of hydrogen-bond acceptors (Lipinski definition) is 5. The van der Waals surface area contributed by atoms with Crippen LogP contribution in [0.2, 0.25) is 0 Å². The summed E-state index contributed by atoms with van der Waals surface area (Å²) in [7, 11) is -0.474. The van der Waals surface area contributed by atoms with Crippen LogP contribution in [0.1, 0.15) is 33.3 Å². The molecule has 116 valence electrons. The van der Waals surface area contributed by atoms with Gasteiger partial charge < -0.3 is 18.8 Å². The number of rotatable bonds is 3. The van der Waals surface area contributed by atoms with Crippen LogP contribution in [-0.2, 0) is 14.0 Å². The second-order valence-corrected chi connectivity index (χ2v) is 6.73. The van der Waals surface area contributed by atoms with Gasteiger partial charge >= 0.3 is 7.12 Å². The first-order valence-electron chi connectivity index (χ1n) is 7.46. The van der Waals surface area contributed by atoms with Crippen LogP contribution in [0.3, 0.4) is 0 Å². The van der Waals surface area contributed by atoms with Gasteiger partial charge in [-0.2, -0.15) is 5.26 Å². The molecular formula is C16H20BNO4. The van der Waals surface area contributed by atoms with E-state index in [1.165, 1.54) is 0 Å². The zero-order valence-corrected chi connectivity index (χ0v) is 13.4. The van der Waals surface area contributed by atoms with E-state index in [0.717, 1.165) is 5.46 Å². The van der Waals surface area contributed by atoms with Crippen molar-refractivity contribution in [3.8, 4) is 11.8 Å². The Morgan fingerprint density at radius 2 is 1.82 bits per heavy atom. The third-order valence-electron chi connectivity index (χ3n) is 4.55. The Balaban J connectivity index is 1.82. The maximum Gasteiger partial charge on any atom is 0.494 e. The van der Waals surface area contributed by atoms with E-state index >= 15 is 0 Å². The number of hydrogen-bond donors (Lipinski definition) is 0. The zero-order chi connectivity index (χ0) is 16.0. The fraction of sp³-hybridized carbons (Fsp3) is 0.562. The molecule has 0 amide bonds. The van der Waals surface area contributed by atoms with Crippen molar-refractivity contribution in [1.29, 1.82) is 5.26 Å². The van der Waals surface area contributed by atoms with Crippen LogP contribution in [0.25, 0.3) is 0 Å². The minimum Gasteiger partial charge on any atom is -0.484 e. The molecule has 0 spiro atoms. The first kappa shape index (κ1) is 15.4. The molecule has 3 rings (SSSR count). The van der Waals surface area contributed by atoms with Gasteiger partial charge in [0.25, 0.3) is 0 Å². The van der Waals surface area contributed by atoms with E-state index in [-0.39, 0.29) is 6.10 Å². The predicted molar refractivity (Wildman–Crippen MR) is 82.1 cm³/mol. The Kier molecular flexibility index (Phi) is 3.68. The standard InChI is InChI=1S/C16H20BNO4/c1-15(2)16(3,4)22-17(21-15)12-5-6-14(11(7-12)8-18)20-13-9-19-10-13/h5-7,13H,9-10H2,1-4H3. The summed E-state index contributed by atoms with van der Waals surface area (Å²) in [5.41, 5.74) is 0.512. The topological polar surface area (TPSA) is 60.7 Å². The van der Waals surface area contributed by atoms with Crippen LogP contribution < -0.4 is 10.2 Å². The molecule has 0 aliphatic carbocycles. The molecule has 1 aromatic rings. The summed E-state index contributed by atoms with van der Waals surface area (Å²) in [6.45, 7) is 9.17. The van der Waals surface area contributed by atoms with Gasteiger partial charge in [-0.15, -0.1) is 0 Å². The molecule has 2 aliphatic rings.